The van der Waals surface area contributed by atoms with Crippen LogP contribution in [0.15, 0.2) is 24.9 Å². The van der Waals surface area contributed by atoms with Crippen molar-refractivity contribution >= 4 is 5.52 Å². The molecule has 0 bridgehead atoms. The van der Waals surface area contributed by atoms with Crippen molar-refractivity contribution in [3.63, 3.8) is 0 Å². The van der Waals surface area contributed by atoms with Gasteiger partial charge in [0.1, 0.15) is 5.69 Å². The molecule has 0 saturated carbocycles. The Morgan fingerprint density at radius 3 is 3.27 bits per heavy atom. The Hall–Kier alpha value is -1.82. The summed E-state index contributed by atoms with van der Waals surface area (Å²) in [6.45, 7) is 0. The molecule has 0 aromatic carbocycles. The van der Waals surface area contributed by atoms with Gasteiger partial charge >= 0.3 is 0 Å². The molecule has 0 spiro atoms. The number of aromatic nitrogens is 3. The first kappa shape index (κ1) is 5.93. The highest BCUT2D eigenvalue weighted by Crippen LogP contribution is 2.03. The lowest BCUT2D eigenvalue weighted by Gasteiger charge is -1.92. The SMILES string of the molecule is C#Cc1nccn2cncc12. The number of nitrogens with zero attached hydrogens (tertiary/aromatic N) is 3. The molecule has 2 aromatic heterocycles. The summed E-state index contributed by atoms with van der Waals surface area (Å²) in [6, 6.07) is 0. The number of imidazole rings is 1. The molecule has 0 aliphatic carbocycles. The largest absolute Gasteiger partial charge is 0.302 e. The van der Waals surface area contributed by atoms with Gasteiger partial charge in [0.05, 0.1) is 18.0 Å². The summed E-state index contributed by atoms with van der Waals surface area (Å²) in [6.07, 6.45) is 12.1. The van der Waals surface area contributed by atoms with E-state index in [2.05, 4.69) is 15.9 Å². The molecule has 3 heteroatoms. The molecule has 2 rings (SSSR count). The van der Waals surface area contributed by atoms with Crippen LogP contribution in [0.5, 0.6) is 0 Å². The molecule has 0 aliphatic heterocycles. The molecule has 0 unspecified atom stereocenters. The van der Waals surface area contributed by atoms with Crippen molar-refractivity contribution in [2.24, 2.45) is 0 Å². The summed E-state index contributed by atoms with van der Waals surface area (Å²) in [5, 5.41) is 0. The van der Waals surface area contributed by atoms with E-state index in [0.717, 1.165) is 5.52 Å². The highest BCUT2D eigenvalue weighted by molar-refractivity contribution is 5.56. The summed E-state index contributed by atoms with van der Waals surface area (Å²) in [5.74, 6) is 2.48. The van der Waals surface area contributed by atoms with E-state index in [4.69, 9.17) is 6.42 Å². The molecule has 52 valence electrons. The van der Waals surface area contributed by atoms with E-state index >= 15 is 0 Å². The zero-order valence-electron chi connectivity index (χ0n) is 5.73. The third kappa shape index (κ3) is 0.767. The molecule has 0 aliphatic rings. The second-order valence-corrected chi connectivity index (χ2v) is 2.11. The fourth-order valence-electron chi connectivity index (χ4n) is 0.964. The Morgan fingerprint density at radius 2 is 2.45 bits per heavy atom. The van der Waals surface area contributed by atoms with Gasteiger partial charge in [-0.1, -0.05) is 0 Å². The van der Waals surface area contributed by atoms with E-state index in [1.54, 1.807) is 18.7 Å². The van der Waals surface area contributed by atoms with Crippen LogP contribution < -0.4 is 0 Å². The van der Waals surface area contributed by atoms with Crippen LogP contribution in [0.4, 0.5) is 0 Å². The predicted molar refractivity (Wildman–Crippen MR) is 40.9 cm³/mol. The third-order valence-corrected chi connectivity index (χ3v) is 1.48. The van der Waals surface area contributed by atoms with Crippen LogP contribution in [0.1, 0.15) is 5.69 Å². The van der Waals surface area contributed by atoms with Crippen molar-refractivity contribution in [3.8, 4) is 12.3 Å². The van der Waals surface area contributed by atoms with Gasteiger partial charge in [0.25, 0.3) is 0 Å². The Bertz CT molecular complexity index is 422. The van der Waals surface area contributed by atoms with E-state index in [1.807, 2.05) is 10.6 Å². The first-order valence-corrected chi connectivity index (χ1v) is 3.15. The lowest BCUT2D eigenvalue weighted by Crippen LogP contribution is -1.88. The van der Waals surface area contributed by atoms with Crippen molar-refractivity contribution in [2.45, 2.75) is 0 Å². The fourth-order valence-corrected chi connectivity index (χ4v) is 0.964. The van der Waals surface area contributed by atoms with E-state index in [0.29, 0.717) is 5.69 Å². The van der Waals surface area contributed by atoms with E-state index in [-0.39, 0.29) is 0 Å². The second kappa shape index (κ2) is 2.10. The van der Waals surface area contributed by atoms with Gasteiger partial charge in [-0.3, -0.25) is 0 Å². The first-order chi connectivity index (χ1) is 5.42. The highest BCUT2D eigenvalue weighted by atomic mass is 15.0. The highest BCUT2D eigenvalue weighted by Gasteiger charge is 1.97. The second-order valence-electron chi connectivity index (χ2n) is 2.11. The van der Waals surface area contributed by atoms with Gasteiger partial charge in [0.2, 0.25) is 0 Å². The summed E-state index contributed by atoms with van der Waals surface area (Å²) in [4.78, 5) is 7.94. The van der Waals surface area contributed by atoms with Gasteiger partial charge in [0.15, 0.2) is 0 Å². The van der Waals surface area contributed by atoms with Crippen molar-refractivity contribution < 1.29 is 0 Å². The fraction of sp³-hybridized carbons (Fsp3) is 0. The van der Waals surface area contributed by atoms with Crippen LogP contribution in [-0.4, -0.2) is 14.4 Å². The Kier molecular flexibility index (Phi) is 1.13. The number of terminal acetylenes is 1. The zero-order valence-corrected chi connectivity index (χ0v) is 5.73. The van der Waals surface area contributed by atoms with Crippen LogP contribution >= 0.6 is 0 Å². The maximum absolute atomic E-state index is 5.22. The molecule has 0 fully saturated rings. The molecule has 3 nitrogen and oxygen atoms in total. The van der Waals surface area contributed by atoms with E-state index < -0.39 is 0 Å². The molecule has 0 N–H and O–H groups in total. The predicted octanol–water partition coefficient (Wildman–Crippen LogP) is 0.711. The summed E-state index contributed by atoms with van der Waals surface area (Å²) in [7, 11) is 0. The van der Waals surface area contributed by atoms with Gasteiger partial charge < -0.3 is 4.40 Å². The molecule has 0 amide bonds. The lowest BCUT2D eigenvalue weighted by molar-refractivity contribution is 1.10. The number of fused-ring (bicyclic) bond motifs is 1. The monoisotopic (exact) mass is 143 g/mol. The minimum Gasteiger partial charge on any atom is -0.302 e. The Labute approximate surface area is 63.7 Å². The lowest BCUT2D eigenvalue weighted by atomic mass is 10.4. The molecule has 0 radical (unpaired) electrons. The first-order valence-electron chi connectivity index (χ1n) is 3.15. The minimum absolute atomic E-state index is 0.630. The molecule has 0 atom stereocenters. The van der Waals surface area contributed by atoms with Crippen LogP contribution in [0.25, 0.3) is 5.52 Å². The van der Waals surface area contributed by atoms with Crippen LogP contribution in [0, 0.1) is 12.3 Å². The number of hydrogen-bond acceptors (Lipinski definition) is 2. The zero-order chi connectivity index (χ0) is 7.68. The van der Waals surface area contributed by atoms with Gasteiger partial charge in [-0.15, -0.1) is 6.42 Å². The maximum atomic E-state index is 5.22. The minimum atomic E-state index is 0.630. The summed E-state index contributed by atoms with van der Waals surface area (Å²) < 4.78 is 1.84. The number of hydrogen-bond donors (Lipinski definition) is 0. The third-order valence-electron chi connectivity index (χ3n) is 1.48. The van der Waals surface area contributed by atoms with Gasteiger partial charge in [-0.2, -0.15) is 0 Å². The standard InChI is InChI=1S/C8H5N3/c1-2-7-8-5-9-6-11(8)4-3-10-7/h1,3-6H. The smallest absolute Gasteiger partial charge is 0.138 e. The Morgan fingerprint density at radius 1 is 1.55 bits per heavy atom. The van der Waals surface area contributed by atoms with Gasteiger partial charge in [-0.05, 0) is 5.92 Å². The van der Waals surface area contributed by atoms with Crippen molar-refractivity contribution in [2.75, 3.05) is 0 Å². The number of rotatable bonds is 0. The average molecular weight is 143 g/mol. The molecule has 0 saturated heterocycles. The maximum Gasteiger partial charge on any atom is 0.138 e. The Balaban J connectivity index is 2.92. The molecule has 2 aromatic rings. The summed E-state index contributed by atoms with van der Waals surface area (Å²) >= 11 is 0. The normalized spacial score (nSPS) is 9.73. The molecular weight excluding hydrogens is 138 g/mol. The molecule has 2 heterocycles. The van der Waals surface area contributed by atoms with Gasteiger partial charge in [-0.25, -0.2) is 9.97 Å². The van der Waals surface area contributed by atoms with Crippen molar-refractivity contribution in [1.82, 2.24) is 14.4 Å². The van der Waals surface area contributed by atoms with Crippen molar-refractivity contribution in [1.29, 1.82) is 0 Å². The van der Waals surface area contributed by atoms with Crippen LogP contribution in [-0.2, 0) is 0 Å². The molecule has 11 heavy (non-hydrogen) atoms. The quantitative estimate of drug-likeness (QED) is 0.508. The van der Waals surface area contributed by atoms with Gasteiger partial charge in [0, 0.05) is 12.4 Å². The van der Waals surface area contributed by atoms with Crippen molar-refractivity contribution in [3.05, 3.63) is 30.6 Å². The molecular formula is C8H5N3. The summed E-state index contributed by atoms with van der Waals surface area (Å²) in [5.41, 5.74) is 1.50. The van der Waals surface area contributed by atoms with E-state index in [1.165, 1.54) is 0 Å². The van der Waals surface area contributed by atoms with Crippen LogP contribution in [0.3, 0.4) is 0 Å². The average Bonchev–Trinajstić information content (AvgIpc) is 2.50. The van der Waals surface area contributed by atoms with E-state index in [9.17, 15) is 0 Å². The van der Waals surface area contributed by atoms with Crippen LogP contribution in [0.2, 0.25) is 0 Å². The topological polar surface area (TPSA) is 30.2 Å².